The number of amides is 3. The van der Waals surface area contributed by atoms with Gasteiger partial charge in [-0.1, -0.05) is 42.5 Å². The lowest BCUT2D eigenvalue weighted by atomic mass is 10.0. The molecule has 2 aromatic rings. The van der Waals surface area contributed by atoms with E-state index < -0.39 is 0 Å². The summed E-state index contributed by atoms with van der Waals surface area (Å²) in [6.07, 6.45) is 0.203. The highest BCUT2D eigenvalue weighted by Gasteiger charge is 2.15. The Morgan fingerprint density at radius 3 is 2.32 bits per heavy atom. The molecule has 6 nitrogen and oxygen atoms in total. The number of benzene rings is 2. The minimum atomic E-state index is -0.304. The standard InChI is InChI=1S/C19H23N3O3/c1-21(2)19(25)13-22(3)18(24)12-20-17(23)11-15-9-6-8-14-7-4-5-10-16(14)15/h4-10H,11-13H2,1-3H3,(H,20,23). The number of hydrogen-bond donors (Lipinski definition) is 1. The maximum atomic E-state index is 12.2. The van der Waals surface area contributed by atoms with Crippen molar-refractivity contribution >= 4 is 28.5 Å². The first kappa shape index (κ1) is 18.4. The van der Waals surface area contributed by atoms with Crippen molar-refractivity contribution < 1.29 is 14.4 Å². The van der Waals surface area contributed by atoms with Crippen LogP contribution in [0.4, 0.5) is 0 Å². The summed E-state index contributed by atoms with van der Waals surface area (Å²) in [5, 5.41) is 4.73. The molecule has 0 fully saturated rings. The lowest BCUT2D eigenvalue weighted by molar-refractivity contribution is -0.138. The predicted molar refractivity (Wildman–Crippen MR) is 97.0 cm³/mol. The molecule has 0 saturated carbocycles. The maximum absolute atomic E-state index is 12.2. The lowest BCUT2D eigenvalue weighted by Crippen LogP contribution is -2.43. The van der Waals surface area contributed by atoms with Crippen molar-refractivity contribution in [2.24, 2.45) is 0 Å². The Balaban J connectivity index is 1.90. The van der Waals surface area contributed by atoms with Crippen molar-refractivity contribution in [3.8, 4) is 0 Å². The first-order valence-corrected chi connectivity index (χ1v) is 8.06. The number of carbonyl (C=O) groups excluding carboxylic acids is 3. The molecule has 0 bridgehead atoms. The monoisotopic (exact) mass is 341 g/mol. The molecule has 25 heavy (non-hydrogen) atoms. The Hall–Kier alpha value is -2.89. The highest BCUT2D eigenvalue weighted by molar-refractivity contribution is 5.92. The lowest BCUT2D eigenvalue weighted by Gasteiger charge is -2.19. The van der Waals surface area contributed by atoms with E-state index >= 15 is 0 Å². The number of likely N-dealkylation sites (N-methyl/N-ethyl adjacent to an activating group) is 2. The van der Waals surface area contributed by atoms with Gasteiger partial charge in [-0.25, -0.2) is 0 Å². The summed E-state index contributed by atoms with van der Waals surface area (Å²) in [5.41, 5.74) is 0.916. The molecule has 6 heteroatoms. The second-order valence-corrected chi connectivity index (χ2v) is 6.13. The fourth-order valence-electron chi connectivity index (χ4n) is 2.42. The van der Waals surface area contributed by atoms with Gasteiger partial charge in [0.1, 0.15) is 0 Å². The third-order valence-corrected chi connectivity index (χ3v) is 3.96. The fourth-order valence-corrected chi connectivity index (χ4v) is 2.42. The quantitative estimate of drug-likeness (QED) is 0.854. The van der Waals surface area contributed by atoms with Gasteiger partial charge in [-0.3, -0.25) is 14.4 Å². The van der Waals surface area contributed by atoms with Crippen LogP contribution in [-0.2, 0) is 20.8 Å². The second-order valence-electron chi connectivity index (χ2n) is 6.13. The average molecular weight is 341 g/mol. The Morgan fingerprint density at radius 1 is 0.920 bits per heavy atom. The number of rotatable bonds is 6. The molecule has 2 aromatic carbocycles. The maximum Gasteiger partial charge on any atom is 0.242 e. The summed E-state index contributed by atoms with van der Waals surface area (Å²) < 4.78 is 0. The smallest absolute Gasteiger partial charge is 0.242 e. The Morgan fingerprint density at radius 2 is 1.60 bits per heavy atom. The van der Waals surface area contributed by atoms with E-state index in [9.17, 15) is 14.4 Å². The molecule has 0 aliphatic carbocycles. The molecule has 0 saturated heterocycles. The van der Waals surface area contributed by atoms with Gasteiger partial charge in [0.25, 0.3) is 0 Å². The molecule has 3 amide bonds. The molecular formula is C19H23N3O3. The van der Waals surface area contributed by atoms with Crippen molar-refractivity contribution in [3.63, 3.8) is 0 Å². The first-order valence-electron chi connectivity index (χ1n) is 8.06. The molecule has 0 unspecified atom stereocenters. The van der Waals surface area contributed by atoms with Crippen LogP contribution in [0.25, 0.3) is 10.8 Å². The molecule has 0 radical (unpaired) electrons. The summed E-state index contributed by atoms with van der Waals surface area (Å²) in [4.78, 5) is 38.5. The fraction of sp³-hybridized carbons (Fsp3) is 0.316. The van der Waals surface area contributed by atoms with E-state index in [0.717, 1.165) is 16.3 Å². The molecule has 0 aliphatic heterocycles. The molecule has 132 valence electrons. The highest BCUT2D eigenvalue weighted by atomic mass is 16.2. The van der Waals surface area contributed by atoms with Crippen LogP contribution in [0.15, 0.2) is 42.5 Å². The SMILES string of the molecule is CN(C)C(=O)CN(C)C(=O)CNC(=O)Cc1cccc2ccccc12. The Bertz CT molecular complexity index is 781. The van der Waals surface area contributed by atoms with Crippen LogP contribution in [0.2, 0.25) is 0 Å². The largest absolute Gasteiger partial charge is 0.347 e. The summed E-state index contributed by atoms with van der Waals surface area (Å²) >= 11 is 0. The van der Waals surface area contributed by atoms with Gasteiger partial charge < -0.3 is 15.1 Å². The zero-order chi connectivity index (χ0) is 18.4. The van der Waals surface area contributed by atoms with Crippen molar-refractivity contribution in [3.05, 3.63) is 48.0 Å². The van der Waals surface area contributed by atoms with Crippen molar-refractivity contribution in [2.45, 2.75) is 6.42 Å². The number of nitrogens with zero attached hydrogens (tertiary/aromatic N) is 2. The van der Waals surface area contributed by atoms with Crippen LogP contribution in [0, 0.1) is 0 Å². The van der Waals surface area contributed by atoms with Crippen LogP contribution in [0.1, 0.15) is 5.56 Å². The summed E-state index contributed by atoms with van der Waals surface area (Å²) in [6.45, 7) is -0.133. The number of fused-ring (bicyclic) bond motifs is 1. The zero-order valence-corrected chi connectivity index (χ0v) is 14.8. The molecule has 1 N–H and O–H groups in total. The average Bonchev–Trinajstić information content (AvgIpc) is 2.59. The summed E-state index contributed by atoms with van der Waals surface area (Å²) in [6, 6.07) is 13.7. The van der Waals surface area contributed by atoms with Crippen LogP contribution >= 0.6 is 0 Å². The molecule has 0 aromatic heterocycles. The van der Waals surface area contributed by atoms with Crippen LogP contribution in [0.3, 0.4) is 0 Å². The normalized spacial score (nSPS) is 10.4. The molecular weight excluding hydrogens is 318 g/mol. The Kier molecular flexibility index (Phi) is 6.11. The molecule has 0 heterocycles. The number of carbonyl (C=O) groups is 3. The third-order valence-electron chi connectivity index (χ3n) is 3.96. The second kappa shape index (κ2) is 8.28. The molecule has 2 rings (SSSR count). The van der Waals surface area contributed by atoms with E-state index in [-0.39, 0.29) is 37.2 Å². The van der Waals surface area contributed by atoms with Gasteiger partial charge >= 0.3 is 0 Å². The van der Waals surface area contributed by atoms with E-state index in [1.165, 1.54) is 9.80 Å². The van der Waals surface area contributed by atoms with Gasteiger partial charge in [0.05, 0.1) is 19.5 Å². The minimum absolute atomic E-state index is 0.00890. The first-order chi connectivity index (χ1) is 11.9. The zero-order valence-electron chi connectivity index (χ0n) is 14.8. The molecule has 0 spiro atoms. The van der Waals surface area contributed by atoms with Crippen LogP contribution < -0.4 is 5.32 Å². The van der Waals surface area contributed by atoms with Gasteiger partial charge in [-0.15, -0.1) is 0 Å². The van der Waals surface area contributed by atoms with E-state index in [1.807, 2.05) is 42.5 Å². The van der Waals surface area contributed by atoms with Gasteiger partial charge in [-0.05, 0) is 16.3 Å². The van der Waals surface area contributed by atoms with Gasteiger partial charge in [0.15, 0.2) is 0 Å². The van der Waals surface area contributed by atoms with Gasteiger partial charge in [0, 0.05) is 21.1 Å². The number of nitrogens with one attached hydrogen (secondary N) is 1. The highest BCUT2D eigenvalue weighted by Crippen LogP contribution is 2.18. The summed E-state index contributed by atoms with van der Waals surface area (Å²) in [7, 11) is 4.81. The topological polar surface area (TPSA) is 69.7 Å². The number of hydrogen-bond acceptors (Lipinski definition) is 3. The van der Waals surface area contributed by atoms with Crippen molar-refractivity contribution in [2.75, 3.05) is 34.2 Å². The van der Waals surface area contributed by atoms with Crippen molar-refractivity contribution in [1.82, 2.24) is 15.1 Å². The van der Waals surface area contributed by atoms with Crippen molar-refractivity contribution in [1.29, 1.82) is 0 Å². The van der Waals surface area contributed by atoms with E-state index in [1.54, 1.807) is 21.1 Å². The minimum Gasteiger partial charge on any atom is -0.347 e. The summed E-state index contributed by atoms with van der Waals surface area (Å²) in [5.74, 6) is -0.698. The van der Waals surface area contributed by atoms with Crippen LogP contribution in [0.5, 0.6) is 0 Å². The third kappa shape index (κ3) is 5.04. The van der Waals surface area contributed by atoms with E-state index in [0.29, 0.717) is 0 Å². The van der Waals surface area contributed by atoms with E-state index in [4.69, 9.17) is 0 Å². The predicted octanol–water partition coefficient (Wildman–Crippen LogP) is 1.05. The van der Waals surface area contributed by atoms with Crippen LogP contribution in [-0.4, -0.2) is 61.8 Å². The van der Waals surface area contributed by atoms with E-state index in [2.05, 4.69) is 5.32 Å². The van der Waals surface area contributed by atoms with Gasteiger partial charge in [-0.2, -0.15) is 0 Å². The van der Waals surface area contributed by atoms with Gasteiger partial charge in [0.2, 0.25) is 17.7 Å². The molecule has 0 aliphatic rings. The Labute approximate surface area is 147 Å². The molecule has 0 atom stereocenters.